The molecule has 0 saturated carbocycles. The van der Waals surface area contributed by atoms with Crippen LogP contribution in [-0.2, 0) is 5.75 Å². The highest BCUT2D eigenvalue weighted by Gasteiger charge is 2.30. The molecule has 0 bridgehead atoms. The summed E-state index contributed by atoms with van der Waals surface area (Å²) >= 11 is 1.95. The first-order valence-electron chi connectivity index (χ1n) is 5.68. The van der Waals surface area contributed by atoms with E-state index >= 15 is 0 Å². The monoisotopic (exact) mass is 237 g/mol. The third-order valence-corrected chi connectivity index (χ3v) is 4.86. The summed E-state index contributed by atoms with van der Waals surface area (Å²) < 4.78 is 5.39. The minimum absolute atomic E-state index is 0.129. The van der Waals surface area contributed by atoms with Gasteiger partial charge in [0.15, 0.2) is 0 Å². The van der Waals surface area contributed by atoms with Gasteiger partial charge in [0.25, 0.3) is 0 Å². The Labute approximate surface area is 102 Å². The van der Waals surface area contributed by atoms with Crippen LogP contribution in [0, 0.1) is 5.92 Å². The fourth-order valence-electron chi connectivity index (χ4n) is 2.31. The lowest BCUT2D eigenvalue weighted by Gasteiger charge is -2.33. The van der Waals surface area contributed by atoms with Gasteiger partial charge in [-0.1, -0.05) is 26.0 Å². The highest BCUT2D eigenvalue weighted by atomic mass is 32.2. The van der Waals surface area contributed by atoms with Gasteiger partial charge in [-0.25, -0.2) is 0 Å². The smallest absolute Gasteiger partial charge is 0.123 e. The number of hydrogen-bond acceptors (Lipinski definition) is 3. The van der Waals surface area contributed by atoms with Crippen molar-refractivity contribution in [3.8, 4) is 5.75 Å². The van der Waals surface area contributed by atoms with E-state index in [-0.39, 0.29) is 6.04 Å². The molecular weight excluding hydrogens is 218 g/mol. The van der Waals surface area contributed by atoms with Gasteiger partial charge in [-0.15, -0.1) is 0 Å². The third kappa shape index (κ3) is 1.94. The number of benzene rings is 1. The van der Waals surface area contributed by atoms with Gasteiger partial charge in [0.05, 0.1) is 7.11 Å². The first-order valence-corrected chi connectivity index (χ1v) is 6.73. The summed E-state index contributed by atoms with van der Waals surface area (Å²) in [6.07, 6.45) is 0. The topological polar surface area (TPSA) is 35.2 Å². The Bertz CT molecular complexity index is 378. The van der Waals surface area contributed by atoms with Crippen molar-refractivity contribution in [2.45, 2.75) is 30.9 Å². The standard InChI is InChI=1S/C13H19NOS/c1-8(2)13-12(14)9-5-4-6-11(15-3)10(9)7-16-13/h4-6,8,12-13H,7,14H2,1-3H3. The second kappa shape index (κ2) is 4.68. The Hall–Kier alpha value is -0.670. The molecule has 88 valence electrons. The quantitative estimate of drug-likeness (QED) is 0.859. The van der Waals surface area contributed by atoms with Crippen molar-refractivity contribution < 1.29 is 4.74 Å². The minimum Gasteiger partial charge on any atom is -0.496 e. The number of ether oxygens (including phenoxy) is 1. The van der Waals surface area contributed by atoms with E-state index in [1.54, 1.807) is 7.11 Å². The van der Waals surface area contributed by atoms with Crippen molar-refractivity contribution in [1.29, 1.82) is 0 Å². The number of hydrogen-bond donors (Lipinski definition) is 1. The van der Waals surface area contributed by atoms with Crippen LogP contribution in [0.1, 0.15) is 31.0 Å². The van der Waals surface area contributed by atoms with Crippen LogP contribution in [0.25, 0.3) is 0 Å². The Morgan fingerprint density at radius 3 is 2.81 bits per heavy atom. The average molecular weight is 237 g/mol. The fourth-order valence-corrected chi connectivity index (χ4v) is 3.71. The summed E-state index contributed by atoms with van der Waals surface area (Å²) in [5.74, 6) is 2.60. The first kappa shape index (κ1) is 11.8. The Morgan fingerprint density at radius 1 is 1.44 bits per heavy atom. The van der Waals surface area contributed by atoms with Crippen molar-refractivity contribution in [3.05, 3.63) is 29.3 Å². The number of methoxy groups -OCH3 is 1. The maximum absolute atomic E-state index is 6.34. The van der Waals surface area contributed by atoms with Crippen LogP contribution in [0.5, 0.6) is 5.75 Å². The molecule has 0 fully saturated rings. The summed E-state index contributed by atoms with van der Waals surface area (Å²) in [7, 11) is 1.72. The number of thioether (sulfide) groups is 1. The molecule has 1 heterocycles. The molecule has 2 rings (SSSR count). The van der Waals surface area contributed by atoms with E-state index in [2.05, 4.69) is 19.9 Å². The van der Waals surface area contributed by atoms with Crippen LogP contribution in [0.2, 0.25) is 0 Å². The number of fused-ring (bicyclic) bond motifs is 1. The van der Waals surface area contributed by atoms with Crippen LogP contribution in [0.4, 0.5) is 0 Å². The summed E-state index contributed by atoms with van der Waals surface area (Å²) in [6.45, 7) is 4.48. The van der Waals surface area contributed by atoms with E-state index < -0.39 is 0 Å². The average Bonchev–Trinajstić information content (AvgIpc) is 2.28. The molecule has 16 heavy (non-hydrogen) atoms. The molecule has 2 N–H and O–H groups in total. The van der Waals surface area contributed by atoms with Gasteiger partial charge in [-0.2, -0.15) is 11.8 Å². The Balaban J connectivity index is 2.38. The Kier molecular flexibility index (Phi) is 3.45. The lowest BCUT2D eigenvalue weighted by molar-refractivity contribution is 0.408. The molecule has 2 unspecified atom stereocenters. The van der Waals surface area contributed by atoms with Gasteiger partial charge >= 0.3 is 0 Å². The second-order valence-corrected chi connectivity index (χ2v) is 5.74. The summed E-state index contributed by atoms with van der Waals surface area (Å²) in [6, 6.07) is 6.31. The molecule has 3 heteroatoms. The SMILES string of the molecule is COc1cccc2c1CSC(C(C)C)C2N. The first-order chi connectivity index (χ1) is 7.65. The van der Waals surface area contributed by atoms with Crippen molar-refractivity contribution >= 4 is 11.8 Å². The largest absolute Gasteiger partial charge is 0.496 e. The van der Waals surface area contributed by atoms with Gasteiger partial charge in [-0.3, -0.25) is 0 Å². The van der Waals surface area contributed by atoms with Crippen molar-refractivity contribution in [2.24, 2.45) is 11.7 Å². The van der Waals surface area contributed by atoms with Crippen LogP contribution in [0.15, 0.2) is 18.2 Å². The normalized spacial score (nSPS) is 24.3. The summed E-state index contributed by atoms with van der Waals surface area (Å²) in [5.41, 5.74) is 8.88. The van der Waals surface area contributed by atoms with E-state index in [4.69, 9.17) is 10.5 Å². The van der Waals surface area contributed by atoms with E-state index in [0.29, 0.717) is 11.2 Å². The third-order valence-electron chi connectivity index (χ3n) is 3.18. The van der Waals surface area contributed by atoms with Gasteiger partial charge in [-0.05, 0) is 17.5 Å². The molecule has 0 spiro atoms. The molecule has 1 aromatic rings. The van der Waals surface area contributed by atoms with Gasteiger partial charge < -0.3 is 10.5 Å². The lowest BCUT2D eigenvalue weighted by atomic mass is 9.93. The molecule has 2 atom stereocenters. The van der Waals surface area contributed by atoms with Crippen molar-refractivity contribution in [3.63, 3.8) is 0 Å². The van der Waals surface area contributed by atoms with Gasteiger partial charge in [0, 0.05) is 22.6 Å². The molecular formula is C13H19NOS. The maximum Gasteiger partial charge on any atom is 0.123 e. The predicted octanol–water partition coefficient (Wildman–Crippen LogP) is 2.97. The molecule has 2 nitrogen and oxygen atoms in total. The van der Waals surface area contributed by atoms with Crippen LogP contribution in [-0.4, -0.2) is 12.4 Å². The zero-order valence-corrected chi connectivity index (χ0v) is 10.9. The Morgan fingerprint density at radius 2 is 2.19 bits per heavy atom. The number of rotatable bonds is 2. The predicted molar refractivity (Wildman–Crippen MR) is 69.8 cm³/mol. The van der Waals surface area contributed by atoms with E-state index in [0.717, 1.165) is 11.5 Å². The van der Waals surface area contributed by atoms with Crippen LogP contribution < -0.4 is 10.5 Å². The fraction of sp³-hybridized carbons (Fsp3) is 0.538. The molecule has 1 aliphatic heterocycles. The summed E-state index contributed by atoms with van der Waals surface area (Å²) in [5, 5.41) is 0.514. The van der Waals surface area contributed by atoms with Gasteiger partial charge in [0.1, 0.15) is 5.75 Å². The second-order valence-electron chi connectivity index (χ2n) is 4.57. The van der Waals surface area contributed by atoms with Crippen molar-refractivity contribution in [2.75, 3.05) is 7.11 Å². The maximum atomic E-state index is 6.34. The highest BCUT2D eigenvalue weighted by molar-refractivity contribution is 7.99. The van der Waals surface area contributed by atoms with Crippen molar-refractivity contribution in [1.82, 2.24) is 0 Å². The molecule has 0 radical (unpaired) electrons. The zero-order chi connectivity index (χ0) is 11.7. The van der Waals surface area contributed by atoms with Gasteiger partial charge in [0.2, 0.25) is 0 Å². The molecule has 1 aliphatic rings. The molecule has 0 aromatic heterocycles. The highest BCUT2D eigenvalue weighted by Crippen LogP contribution is 2.42. The van der Waals surface area contributed by atoms with Crippen LogP contribution >= 0.6 is 11.8 Å². The van der Waals surface area contributed by atoms with E-state index in [1.807, 2.05) is 23.9 Å². The zero-order valence-electron chi connectivity index (χ0n) is 10.1. The van der Waals surface area contributed by atoms with Crippen LogP contribution in [0.3, 0.4) is 0 Å². The molecule has 0 amide bonds. The lowest BCUT2D eigenvalue weighted by Crippen LogP contribution is -2.32. The van der Waals surface area contributed by atoms with E-state index in [1.165, 1.54) is 11.1 Å². The minimum atomic E-state index is 0.129. The molecule has 0 aliphatic carbocycles. The van der Waals surface area contributed by atoms with E-state index in [9.17, 15) is 0 Å². The number of nitrogens with two attached hydrogens (primary N) is 1. The molecule has 0 saturated heterocycles. The summed E-state index contributed by atoms with van der Waals surface area (Å²) in [4.78, 5) is 0. The molecule has 1 aromatic carbocycles.